The molecule has 0 amide bonds. The lowest BCUT2D eigenvalue weighted by Crippen LogP contribution is -2.09. The highest BCUT2D eigenvalue weighted by atomic mass is 19.1. The Morgan fingerprint density at radius 1 is 1.15 bits per heavy atom. The highest BCUT2D eigenvalue weighted by molar-refractivity contribution is 5.78. The number of rotatable bonds is 0. The number of aromatic amines is 1. The molecule has 1 N–H and O–H groups in total. The lowest BCUT2D eigenvalue weighted by molar-refractivity contribution is 0.610. The molecule has 0 bridgehead atoms. The van der Waals surface area contributed by atoms with Crippen molar-refractivity contribution in [2.45, 2.75) is 0 Å². The molecule has 13 heavy (non-hydrogen) atoms. The molecule has 0 fully saturated rings. The van der Waals surface area contributed by atoms with E-state index in [0.29, 0.717) is 10.9 Å². The molecule has 2 aromatic rings. The number of benzene rings is 1. The Balaban J connectivity index is 2.89. The first kappa shape index (κ1) is 7.91. The summed E-state index contributed by atoms with van der Waals surface area (Å²) in [6.07, 6.45) is 0. The van der Waals surface area contributed by atoms with Gasteiger partial charge in [-0.3, -0.25) is 4.79 Å². The van der Waals surface area contributed by atoms with E-state index < -0.39 is 17.2 Å². The topological polar surface area (TPSA) is 32.9 Å². The Morgan fingerprint density at radius 3 is 2.69 bits per heavy atom. The molecule has 0 aliphatic rings. The van der Waals surface area contributed by atoms with Crippen LogP contribution in [0.1, 0.15) is 0 Å². The zero-order chi connectivity index (χ0) is 9.42. The molecular weight excluding hydrogens is 176 g/mol. The van der Waals surface area contributed by atoms with Crippen molar-refractivity contribution in [2.75, 3.05) is 0 Å². The molecule has 0 radical (unpaired) electrons. The van der Waals surface area contributed by atoms with Crippen LogP contribution in [0.3, 0.4) is 0 Å². The molecule has 0 saturated carbocycles. The third kappa shape index (κ3) is 1.30. The zero-order valence-electron chi connectivity index (χ0n) is 6.47. The van der Waals surface area contributed by atoms with Gasteiger partial charge in [-0.25, -0.2) is 8.78 Å². The Morgan fingerprint density at radius 2 is 1.92 bits per heavy atom. The van der Waals surface area contributed by atoms with Gasteiger partial charge in [0.1, 0.15) is 5.82 Å². The quantitative estimate of drug-likeness (QED) is 0.660. The fourth-order valence-corrected chi connectivity index (χ4v) is 1.15. The van der Waals surface area contributed by atoms with Crippen LogP contribution >= 0.6 is 0 Å². The van der Waals surface area contributed by atoms with Crippen molar-refractivity contribution in [3.8, 4) is 0 Å². The van der Waals surface area contributed by atoms with Crippen molar-refractivity contribution in [1.82, 2.24) is 4.98 Å². The first-order chi connectivity index (χ1) is 6.16. The largest absolute Gasteiger partial charge is 0.319 e. The molecule has 0 aliphatic carbocycles. The molecule has 0 saturated heterocycles. The van der Waals surface area contributed by atoms with E-state index >= 15 is 0 Å². The molecule has 1 aromatic heterocycles. The van der Waals surface area contributed by atoms with E-state index in [1.807, 2.05) is 0 Å². The van der Waals surface area contributed by atoms with Gasteiger partial charge in [-0.1, -0.05) is 0 Å². The summed E-state index contributed by atoms with van der Waals surface area (Å²) < 4.78 is 25.4. The number of hydrogen-bond acceptors (Lipinski definition) is 1. The van der Waals surface area contributed by atoms with Crippen LogP contribution in [-0.4, -0.2) is 4.98 Å². The molecule has 4 heteroatoms. The average molecular weight is 181 g/mol. The normalized spacial score (nSPS) is 10.6. The lowest BCUT2D eigenvalue weighted by Gasteiger charge is -1.96. The molecule has 2 rings (SSSR count). The van der Waals surface area contributed by atoms with Crippen molar-refractivity contribution < 1.29 is 8.78 Å². The van der Waals surface area contributed by atoms with Gasteiger partial charge in [-0.2, -0.15) is 0 Å². The summed E-state index contributed by atoms with van der Waals surface area (Å²) in [5, 5.41) is 0.471. The highest BCUT2D eigenvalue weighted by Gasteiger charge is 2.01. The van der Waals surface area contributed by atoms with E-state index in [1.165, 1.54) is 12.1 Å². The van der Waals surface area contributed by atoms with Crippen molar-refractivity contribution in [3.63, 3.8) is 0 Å². The fraction of sp³-hybridized carbons (Fsp3) is 0. The monoisotopic (exact) mass is 181 g/mol. The Bertz CT molecular complexity index is 518. The second-order valence-corrected chi connectivity index (χ2v) is 2.68. The minimum atomic E-state index is -0.862. The van der Waals surface area contributed by atoms with E-state index in [4.69, 9.17) is 0 Å². The Hall–Kier alpha value is -1.71. The van der Waals surface area contributed by atoms with Crippen molar-refractivity contribution in [1.29, 1.82) is 0 Å². The Kier molecular flexibility index (Phi) is 1.62. The second-order valence-electron chi connectivity index (χ2n) is 2.68. The van der Waals surface area contributed by atoms with Gasteiger partial charge in [-0.05, 0) is 24.3 Å². The third-order valence-electron chi connectivity index (χ3n) is 1.76. The summed E-state index contributed by atoms with van der Waals surface area (Å²) in [6, 6.07) is 4.84. The number of nitrogens with one attached hydrogen (secondary N) is 1. The maximum atomic E-state index is 12.7. The van der Waals surface area contributed by atoms with E-state index in [-0.39, 0.29) is 0 Å². The molecule has 0 atom stereocenters. The van der Waals surface area contributed by atoms with Crippen molar-refractivity contribution in [3.05, 3.63) is 46.3 Å². The van der Waals surface area contributed by atoms with Gasteiger partial charge >= 0.3 is 0 Å². The van der Waals surface area contributed by atoms with E-state index in [1.54, 1.807) is 0 Å². The first-order valence-corrected chi connectivity index (χ1v) is 3.65. The summed E-state index contributed by atoms with van der Waals surface area (Å²) in [5.74, 6) is -1.33. The van der Waals surface area contributed by atoms with Crippen molar-refractivity contribution in [2.24, 2.45) is 0 Å². The lowest BCUT2D eigenvalue weighted by atomic mass is 10.2. The van der Waals surface area contributed by atoms with Crippen LogP contribution in [0.2, 0.25) is 0 Å². The predicted octanol–water partition coefficient (Wildman–Crippen LogP) is 1.81. The first-order valence-electron chi connectivity index (χ1n) is 3.65. The smallest absolute Gasteiger partial charge is 0.284 e. The summed E-state index contributed by atoms with van der Waals surface area (Å²) in [4.78, 5) is 13.0. The van der Waals surface area contributed by atoms with Gasteiger partial charge in [0.15, 0.2) is 5.82 Å². The number of fused-ring (bicyclic) bond motifs is 1. The molecule has 0 unspecified atom stereocenters. The summed E-state index contributed by atoms with van der Waals surface area (Å²) >= 11 is 0. The van der Waals surface area contributed by atoms with Gasteiger partial charge in [0, 0.05) is 5.39 Å². The molecule has 0 aliphatic heterocycles. The zero-order valence-corrected chi connectivity index (χ0v) is 6.47. The van der Waals surface area contributed by atoms with Crippen LogP contribution in [0.15, 0.2) is 29.1 Å². The minimum Gasteiger partial charge on any atom is -0.319 e. The summed E-state index contributed by atoms with van der Waals surface area (Å²) in [6.45, 7) is 0. The van der Waals surface area contributed by atoms with E-state index in [9.17, 15) is 13.6 Å². The maximum Gasteiger partial charge on any atom is 0.284 e. The molecule has 0 spiro atoms. The molecule has 1 heterocycles. The maximum absolute atomic E-state index is 12.7. The molecule has 1 aromatic carbocycles. The van der Waals surface area contributed by atoms with Gasteiger partial charge in [-0.15, -0.1) is 0 Å². The molecular formula is C9H5F2NO. The summed E-state index contributed by atoms with van der Waals surface area (Å²) in [7, 11) is 0. The summed E-state index contributed by atoms with van der Waals surface area (Å²) in [5.41, 5.74) is -0.537. The Labute approximate surface area is 71.8 Å². The van der Waals surface area contributed by atoms with Gasteiger partial charge in [0.2, 0.25) is 0 Å². The van der Waals surface area contributed by atoms with Crippen LogP contribution < -0.4 is 5.56 Å². The number of hydrogen-bond donors (Lipinski definition) is 1. The van der Waals surface area contributed by atoms with E-state index in [2.05, 4.69) is 4.98 Å². The average Bonchev–Trinajstić information content (AvgIpc) is 2.08. The third-order valence-corrected chi connectivity index (χ3v) is 1.76. The second kappa shape index (κ2) is 2.65. The fourth-order valence-electron chi connectivity index (χ4n) is 1.15. The highest BCUT2D eigenvalue weighted by Crippen LogP contribution is 2.11. The number of aromatic nitrogens is 1. The van der Waals surface area contributed by atoms with Gasteiger partial charge in [0.25, 0.3) is 5.56 Å². The van der Waals surface area contributed by atoms with Crippen LogP contribution in [0.4, 0.5) is 8.78 Å². The minimum absolute atomic E-state index is 0.298. The van der Waals surface area contributed by atoms with Gasteiger partial charge < -0.3 is 4.98 Å². The predicted molar refractivity (Wildman–Crippen MR) is 44.5 cm³/mol. The van der Waals surface area contributed by atoms with Gasteiger partial charge in [0.05, 0.1) is 5.52 Å². The number of H-pyrrole nitrogens is 1. The number of halogens is 2. The SMILES string of the molecule is O=c1[nH]c2cc(F)ccc2cc1F. The van der Waals surface area contributed by atoms with Crippen LogP contribution in [0, 0.1) is 11.6 Å². The van der Waals surface area contributed by atoms with Crippen LogP contribution in [-0.2, 0) is 0 Å². The van der Waals surface area contributed by atoms with Crippen LogP contribution in [0.5, 0.6) is 0 Å². The standard InChI is InChI=1S/C9H5F2NO/c10-6-2-1-5-3-7(11)9(13)12-8(5)4-6/h1-4H,(H,12,13). The number of pyridine rings is 1. The van der Waals surface area contributed by atoms with Crippen molar-refractivity contribution >= 4 is 10.9 Å². The molecule has 2 nitrogen and oxygen atoms in total. The van der Waals surface area contributed by atoms with E-state index in [0.717, 1.165) is 12.1 Å². The van der Waals surface area contributed by atoms with Crippen LogP contribution in [0.25, 0.3) is 10.9 Å². The molecule has 66 valence electrons.